The lowest BCUT2D eigenvalue weighted by molar-refractivity contribution is -0.685. The van der Waals surface area contributed by atoms with Gasteiger partial charge in [0.15, 0.2) is 12.4 Å². The first-order valence-electron chi connectivity index (χ1n) is 5.76. The molecular weight excluding hydrogens is 216 g/mol. The molecule has 1 fully saturated rings. The molecule has 0 N–H and O–H groups in total. The molecule has 0 atom stereocenters. The summed E-state index contributed by atoms with van der Waals surface area (Å²) in [5, 5.41) is 0. The lowest BCUT2D eigenvalue weighted by Gasteiger charge is -2.25. The monoisotopic (exact) mass is 233 g/mol. The van der Waals surface area contributed by atoms with E-state index in [2.05, 4.69) is 6.58 Å². The van der Waals surface area contributed by atoms with Crippen molar-refractivity contribution in [3.63, 3.8) is 0 Å². The first-order valence-corrected chi connectivity index (χ1v) is 5.76. The fourth-order valence-corrected chi connectivity index (χ4v) is 1.78. The maximum atomic E-state index is 12.0. The molecule has 90 valence electrons. The van der Waals surface area contributed by atoms with E-state index in [1.165, 1.54) is 0 Å². The number of pyridine rings is 1. The van der Waals surface area contributed by atoms with E-state index in [1.807, 2.05) is 34.0 Å². The van der Waals surface area contributed by atoms with Crippen LogP contribution in [0.15, 0.2) is 31.1 Å². The zero-order valence-corrected chi connectivity index (χ0v) is 9.84. The van der Waals surface area contributed by atoms with Crippen LogP contribution >= 0.6 is 0 Å². The molecule has 4 heteroatoms. The van der Waals surface area contributed by atoms with Crippen LogP contribution in [0.4, 0.5) is 0 Å². The van der Waals surface area contributed by atoms with Gasteiger partial charge in [-0.05, 0) is 5.56 Å². The highest BCUT2D eigenvalue weighted by atomic mass is 16.5. The number of rotatable bonds is 3. The topological polar surface area (TPSA) is 33.4 Å². The highest BCUT2D eigenvalue weighted by Gasteiger charge is 2.19. The van der Waals surface area contributed by atoms with E-state index < -0.39 is 0 Å². The van der Waals surface area contributed by atoms with Crippen molar-refractivity contribution in [1.82, 2.24) is 4.90 Å². The van der Waals surface area contributed by atoms with Crippen LogP contribution in [0, 0.1) is 0 Å². The van der Waals surface area contributed by atoms with Crippen molar-refractivity contribution in [1.29, 1.82) is 0 Å². The van der Waals surface area contributed by atoms with Crippen LogP contribution in [-0.4, -0.2) is 37.1 Å². The van der Waals surface area contributed by atoms with Crippen LogP contribution in [0.25, 0.3) is 6.08 Å². The van der Waals surface area contributed by atoms with Crippen molar-refractivity contribution < 1.29 is 14.1 Å². The second-order valence-electron chi connectivity index (χ2n) is 4.00. The molecule has 0 bridgehead atoms. The molecule has 0 radical (unpaired) electrons. The number of carbonyl (C=O) groups excluding carboxylic acids is 1. The largest absolute Gasteiger partial charge is 0.378 e. The SMILES string of the molecule is C=Cc1cc[n+](CC(=O)N2CCOCC2)cc1. The maximum Gasteiger partial charge on any atom is 0.288 e. The van der Waals surface area contributed by atoms with Crippen LogP contribution < -0.4 is 4.57 Å². The third-order valence-corrected chi connectivity index (χ3v) is 2.83. The van der Waals surface area contributed by atoms with Crippen molar-refractivity contribution in [2.24, 2.45) is 0 Å². The van der Waals surface area contributed by atoms with Gasteiger partial charge >= 0.3 is 0 Å². The minimum Gasteiger partial charge on any atom is -0.378 e. The molecule has 1 aromatic heterocycles. The van der Waals surface area contributed by atoms with Crippen molar-refractivity contribution in [3.8, 4) is 0 Å². The van der Waals surface area contributed by atoms with E-state index in [4.69, 9.17) is 4.74 Å². The van der Waals surface area contributed by atoms with Crippen LogP contribution in [0.3, 0.4) is 0 Å². The van der Waals surface area contributed by atoms with Gasteiger partial charge in [-0.25, -0.2) is 0 Å². The summed E-state index contributed by atoms with van der Waals surface area (Å²) in [7, 11) is 0. The second kappa shape index (κ2) is 5.59. The Kier molecular flexibility index (Phi) is 3.88. The fraction of sp³-hybridized carbons (Fsp3) is 0.385. The van der Waals surface area contributed by atoms with Gasteiger partial charge in [0.1, 0.15) is 0 Å². The molecule has 0 aromatic carbocycles. The Morgan fingerprint density at radius 1 is 1.41 bits per heavy atom. The molecule has 1 saturated heterocycles. The first-order chi connectivity index (χ1) is 8.29. The van der Waals surface area contributed by atoms with E-state index in [9.17, 15) is 4.79 Å². The van der Waals surface area contributed by atoms with Crippen LogP contribution in [-0.2, 0) is 16.1 Å². The molecule has 2 rings (SSSR count). The Balaban J connectivity index is 1.94. The number of hydrogen-bond donors (Lipinski definition) is 0. The Bertz CT molecular complexity index is 394. The zero-order chi connectivity index (χ0) is 12.1. The van der Waals surface area contributed by atoms with Gasteiger partial charge in [0.2, 0.25) is 6.54 Å². The summed E-state index contributed by atoms with van der Waals surface area (Å²) < 4.78 is 7.10. The van der Waals surface area contributed by atoms with Gasteiger partial charge < -0.3 is 9.64 Å². The standard InChI is InChI=1S/C13H17N2O2/c1-2-12-3-5-14(6-4-12)11-13(16)15-7-9-17-10-8-15/h2-6H,1,7-11H2/q+1. The van der Waals surface area contributed by atoms with Gasteiger partial charge in [-0.3, -0.25) is 4.79 Å². The van der Waals surface area contributed by atoms with Gasteiger partial charge in [-0.2, -0.15) is 4.57 Å². The summed E-state index contributed by atoms with van der Waals surface area (Å²) in [4.78, 5) is 13.8. The van der Waals surface area contributed by atoms with Gasteiger partial charge in [0, 0.05) is 25.2 Å². The lowest BCUT2D eigenvalue weighted by Crippen LogP contribution is -2.48. The smallest absolute Gasteiger partial charge is 0.288 e. The van der Waals surface area contributed by atoms with Crippen molar-refractivity contribution in [3.05, 3.63) is 36.7 Å². The second-order valence-corrected chi connectivity index (χ2v) is 4.00. The summed E-state index contributed by atoms with van der Waals surface area (Å²) in [6, 6.07) is 3.89. The summed E-state index contributed by atoms with van der Waals surface area (Å²) >= 11 is 0. The number of hydrogen-bond acceptors (Lipinski definition) is 2. The van der Waals surface area contributed by atoms with E-state index in [-0.39, 0.29) is 5.91 Å². The van der Waals surface area contributed by atoms with E-state index in [0.717, 1.165) is 5.56 Å². The molecule has 0 spiro atoms. The van der Waals surface area contributed by atoms with Gasteiger partial charge in [-0.1, -0.05) is 12.7 Å². The average Bonchev–Trinajstić information content (AvgIpc) is 2.40. The third-order valence-electron chi connectivity index (χ3n) is 2.83. The normalized spacial score (nSPS) is 15.6. The predicted molar refractivity (Wildman–Crippen MR) is 64.1 cm³/mol. The molecule has 1 aromatic rings. The Morgan fingerprint density at radius 3 is 2.65 bits per heavy atom. The van der Waals surface area contributed by atoms with Crippen molar-refractivity contribution >= 4 is 12.0 Å². The van der Waals surface area contributed by atoms with Gasteiger partial charge in [-0.15, -0.1) is 0 Å². The molecule has 0 unspecified atom stereocenters. The first kappa shape index (κ1) is 11.8. The summed E-state index contributed by atoms with van der Waals surface area (Å²) in [5.74, 6) is 0.143. The number of morpholine rings is 1. The highest BCUT2D eigenvalue weighted by Crippen LogP contribution is 1.99. The molecule has 2 heterocycles. The van der Waals surface area contributed by atoms with Crippen LogP contribution in [0.2, 0.25) is 0 Å². The maximum absolute atomic E-state index is 12.0. The van der Waals surface area contributed by atoms with E-state index in [1.54, 1.807) is 6.08 Å². The number of ether oxygens (including phenoxy) is 1. The predicted octanol–water partition coefficient (Wildman–Crippen LogP) is 0.476. The molecule has 1 amide bonds. The number of carbonyl (C=O) groups is 1. The lowest BCUT2D eigenvalue weighted by atomic mass is 10.3. The van der Waals surface area contributed by atoms with Gasteiger partial charge in [0.25, 0.3) is 5.91 Å². The minimum atomic E-state index is 0.143. The Labute approximate surface area is 101 Å². The minimum absolute atomic E-state index is 0.143. The third kappa shape index (κ3) is 3.14. The Morgan fingerprint density at radius 2 is 2.06 bits per heavy atom. The molecule has 17 heavy (non-hydrogen) atoms. The number of aromatic nitrogens is 1. The molecule has 0 aliphatic carbocycles. The molecule has 4 nitrogen and oxygen atoms in total. The zero-order valence-electron chi connectivity index (χ0n) is 9.84. The molecular formula is C13H17N2O2+. The average molecular weight is 233 g/mol. The van der Waals surface area contributed by atoms with Gasteiger partial charge in [0.05, 0.1) is 13.2 Å². The highest BCUT2D eigenvalue weighted by molar-refractivity contribution is 5.74. The summed E-state index contributed by atoms with van der Waals surface area (Å²) in [5.41, 5.74) is 1.06. The van der Waals surface area contributed by atoms with Crippen LogP contribution in [0.1, 0.15) is 5.56 Å². The fourth-order valence-electron chi connectivity index (χ4n) is 1.78. The summed E-state index contributed by atoms with van der Waals surface area (Å²) in [6.45, 7) is 6.77. The van der Waals surface area contributed by atoms with E-state index >= 15 is 0 Å². The van der Waals surface area contributed by atoms with Crippen molar-refractivity contribution in [2.75, 3.05) is 26.3 Å². The van der Waals surface area contributed by atoms with Crippen molar-refractivity contribution in [2.45, 2.75) is 6.54 Å². The molecule has 1 aliphatic rings. The number of amides is 1. The Hall–Kier alpha value is -1.68. The molecule has 0 saturated carbocycles. The molecule has 1 aliphatic heterocycles. The van der Waals surface area contributed by atoms with Crippen LogP contribution in [0.5, 0.6) is 0 Å². The van der Waals surface area contributed by atoms with E-state index in [0.29, 0.717) is 32.8 Å². The quantitative estimate of drug-likeness (QED) is 0.711. The number of nitrogens with zero attached hydrogens (tertiary/aromatic N) is 2. The summed E-state index contributed by atoms with van der Waals surface area (Å²) in [6.07, 6.45) is 5.58.